The van der Waals surface area contributed by atoms with E-state index >= 15 is 0 Å². The quantitative estimate of drug-likeness (QED) is 0.317. The van der Waals surface area contributed by atoms with E-state index in [1.54, 1.807) is 0 Å². The Labute approximate surface area is 237 Å². The molecule has 1 aliphatic heterocycles. The Hall–Kier alpha value is -4.07. The summed E-state index contributed by atoms with van der Waals surface area (Å²) in [5, 5.41) is 12.6. The molecule has 41 heavy (non-hydrogen) atoms. The van der Waals surface area contributed by atoms with Crippen LogP contribution in [-0.2, 0) is 29.1 Å². The molecule has 6 rings (SSSR count). The SMILES string of the molecule is O=C(Nc1cccc(CC2(C(=O)O)CC2)c1)C(c1ccc(CN2Cc3c(F)ccc(F)c3C2=O)cc1)C1CCCC1. The Bertz CT molecular complexity index is 1510. The fourth-order valence-corrected chi connectivity index (χ4v) is 6.49. The summed E-state index contributed by atoms with van der Waals surface area (Å²) in [6, 6.07) is 17.0. The van der Waals surface area contributed by atoms with Crippen LogP contribution in [0.3, 0.4) is 0 Å². The van der Waals surface area contributed by atoms with E-state index in [1.165, 1.54) is 4.90 Å². The summed E-state index contributed by atoms with van der Waals surface area (Å²) in [5.41, 5.74) is 2.44. The molecule has 6 nitrogen and oxygen atoms in total. The van der Waals surface area contributed by atoms with Gasteiger partial charge in [0.05, 0.1) is 23.4 Å². The summed E-state index contributed by atoms with van der Waals surface area (Å²) in [7, 11) is 0. The predicted molar refractivity (Wildman–Crippen MR) is 149 cm³/mol. The number of carboxylic acid groups (broad SMARTS) is 1. The van der Waals surface area contributed by atoms with Gasteiger partial charge in [0, 0.05) is 17.8 Å². The molecule has 0 aromatic heterocycles. The van der Waals surface area contributed by atoms with E-state index < -0.39 is 28.9 Å². The molecule has 2 N–H and O–H groups in total. The molecule has 2 amide bonds. The fourth-order valence-electron chi connectivity index (χ4n) is 6.49. The van der Waals surface area contributed by atoms with Gasteiger partial charge in [0.15, 0.2) is 0 Å². The van der Waals surface area contributed by atoms with Crippen LogP contribution in [0, 0.1) is 23.0 Å². The standard InChI is InChI=1S/C33H32F2N2O4/c34-26-12-13-27(35)29-25(26)19-37(31(29)39)18-20-8-10-23(11-9-20)28(22-5-1-2-6-22)30(38)36-24-7-3-4-21(16-24)17-33(14-15-33)32(40)41/h3-4,7-13,16,22,28H,1-2,5-6,14-15,17-19H2,(H,36,38)(H,40,41). The average molecular weight is 559 g/mol. The number of rotatable bonds is 9. The molecule has 1 atom stereocenters. The van der Waals surface area contributed by atoms with Gasteiger partial charge in [-0.1, -0.05) is 49.2 Å². The molecule has 2 saturated carbocycles. The van der Waals surface area contributed by atoms with Crippen molar-refractivity contribution < 1.29 is 28.3 Å². The number of benzene rings is 3. The molecule has 3 aromatic rings. The predicted octanol–water partition coefficient (Wildman–Crippen LogP) is 6.44. The number of carbonyl (C=O) groups is 3. The minimum Gasteiger partial charge on any atom is -0.481 e. The number of halogens is 2. The number of anilines is 1. The lowest BCUT2D eigenvalue weighted by Crippen LogP contribution is -2.27. The van der Waals surface area contributed by atoms with E-state index in [0.717, 1.165) is 54.5 Å². The van der Waals surface area contributed by atoms with E-state index in [2.05, 4.69) is 5.32 Å². The zero-order valence-corrected chi connectivity index (χ0v) is 22.7. The molecule has 0 bridgehead atoms. The molecule has 212 valence electrons. The third-order valence-electron chi connectivity index (χ3n) is 8.97. The molecule has 2 fully saturated rings. The van der Waals surface area contributed by atoms with Crippen molar-refractivity contribution in [3.05, 3.63) is 100 Å². The molecular weight excluding hydrogens is 526 g/mol. The lowest BCUT2D eigenvalue weighted by Gasteiger charge is -2.24. The highest BCUT2D eigenvalue weighted by Gasteiger charge is 2.50. The number of hydrogen-bond acceptors (Lipinski definition) is 3. The molecule has 8 heteroatoms. The van der Waals surface area contributed by atoms with Crippen LogP contribution in [0.1, 0.15) is 77.1 Å². The minimum absolute atomic E-state index is 0.0132. The van der Waals surface area contributed by atoms with Crippen molar-refractivity contribution in [2.24, 2.45) is 11.3 Å². The summed E-state index contributed by atoms with van der Waals surface area (Å²) in [5.74, 6) is -2.85. The Kier molecular flexibility index (Phi) is 7.09. The summed E-state index contributed by atoms with van der Waals surface area (Å²) in [4.78, 5) is 39.5. The van der Waals surface area contributed by atoms with Gasteiger partial charge in [-0.25, -0.2) is 8.78 Å². The van der Waals surface area contributed by atoms with Gasteiger partial charge < -0.3 is 15.3 Å². The molecule has 3 aliphatic rings. The molecule has 0 saturated heterocycles. The molecule has 3 aromatic carbocycles. The Morgan fingerprint density at radius 1 is 0.976 bits per heavy atom. The van der Waals surface area contributed by atoms with Gasteiger partial charge >= 0.3 is 5.97 Å². The molecule has 1 unspecified atom stereocenters. The number of fused-ring (bicyclic) bond motifs is 1. The summed E-state index contributed by atoms with van der Waals surface area (Å²) in [6.07, 6.45) is 5.85. The smallest absolute Gasteiger partial charge is 0.309 e. The number of aliphatic carboxylic acids is 1. The van der Waals surface area contributed by atoms with Crippen LogP contribution in [0.25, 0.3) is 0 Å². The normalized spacial score (nSPS) is 18.3. The Morgan fingerprint density at radius 2 is 1.68 bits per heavy atom. The van der Waals surface area contributed by atoms with Crippen LogP contribution in [0.2, 0.25) is 0 Å². The van der Waals surface area contributed by atoms with Crippen LogP contribution in [0.15, 0.2) is 60.7 Å². The Morgan fingerprint density at radius 3 is 2.34 bits per heavy atom. The highest BCUT2D eigenvalue weighted by molar-refractivity contribution is 5.98. The van der Waals surface area contributed by atoms with Crippen LogP contribution < -0.4 is 5.32 Å². The highest BCUT2D eigenvalue weighted by Crippen LogP contribution is 2.48. The van der Waals surface area contributed by atoms with Gasteiger partial charge in [-0.2, -0.15) is 0 Å². The van der Waals surface area contributed by atoms with Crippen molar-refractivity contribution in [3.8, 4) is 0 Å². The van der Waals surface area contributed by atoms with Gasteiger partial charge in [-0.15, -0.1) is 0 Å². The number of nitrogens with one attached hydrogen (secondary N) is 1. The van der Waals surface area contributed by atoms with Crippen molar-refractivity contribution in [2.75, 3.05) is 5.32 Å². The van der Waals surface area contributed by atoms with Crippen molar-refractivity contribution in [3.63, 3.8) is 0 Å². The lowest BCUT2D eigenvalue weighted by molar-refractivity contribution is -0.143. The van der Waals surface area contributed by atoms with Crippen molar-refractivity contribution in [1.29, 1.82) is 0 Å². The van der Waals surface area contributed by atoms with Crippen molar-refractivity contribution in [2.45, 2.75) is 64.0 Å². The molecule has 1 heterocycles. The molecule has 2 aliphatic carbocycles. The van der Waals surface area contributed by atoms with E-state index in [9.17, 15) is 28.3 Å². The van der Waals surface area contributed by atoms with Crippen molar-refractivity contribution in [1.82, 2.24) is 4.90 Å². The minimum atomic E-state index is -0.769. The zero-order valence-electron chi connectivity index (χ0n) is 22.7. The number of carboxylic acids is 1. The second-order valence-electron chi connectivity index (χ2n) is 11.8. The lowest BCUT2D eigenvalue weighted by atomic mass is 9.83. The molecule has 0 spiro atoms. The second-order valence-corrected chi connectivity index (χ2v) is 11.8. The fraction of sp³-hybridized carbons (Fsp3) is 0.364. The summed E-state index contributed by atoms with van der Waals surface area (Å²) >= 11 is 0. The van der Waals surface area contributed by atoms with E-state index in [1.807, 2.05) is 48.5 Å². The molecular formula is C33H32F2N2O4. The highest BCUT2D eigenvalue weighted by atomic mass is 19.1. The molecule has 0 radical (unpaired) electrons. The maximum absolute atomic E-state index is 14.2. The van der Waals surface area contributed by atoms with Crippen LogP contribution in [-0.4, -0.2) is 27.8 Å². The largest absolute Gasteiger partial charge is 0.481 e. The first-order valence-electron chi connectivity index (χ1n) is 14.2. The maximum atomic E-state index is 14.2. The first-order valence-corrected chi connectivity index (χ1v) is 14.2. The topological polar surface area (TPSA) is 86.7 Å². The summed E-state index contributed by atoms with van der Waals surface area (Å²) < 4.78 is 28.4. The third kappa shape index (κ3) is 5.35. The first-order chi connectivity index (χ1) is 19.7. The second kappa shape index (κ2) is 10.7. The van der Waals surface area contributed by atoms with Gasteiger partial charge in [0.1, 0.15) is 11.6 Å². The summed E-state index contributed by atoms with van der Waals surface area (Å²) in [6.45, 7) is 0.219. The zero-order chi connectivity index (χ0) is 28.7. The average Bonchev–Trinajstić information content (AvgIpc) is 3.38. The number of amides is 2. The monoisotopic (exact) mass is 558 g/mol. The number of carbonyl (C=O) groups excluding carboxylic acids is 2. The van der Waals surface area contributed by atoms with Gasteiger partial charge in [-0.3, -0.25) is 14.4 Å². The first kappa shape index (κ1) is 27.1. The number of nitrogens with zero attached hydrogens (tertiary/aromatic N) is 1. The van der Waals surface area contributed by atoms with E-state index in [0.29, 0.717) is 24.9 Å². The van der Waals surface area contributed by atoms with Crippen LogP contribution >= 0.6 is 0 Å². The third-order valence-corrected chi connectivity index (χ3v) is 8.97. The van der Waals surface area contributed by atoms with Gasteiger partial charge in [0.25, 0.3) is 5.91 Å². The Balaban J connectivity index is 1.17. The van der Waals surface area contributed by atoms with Gasteiger partial charge in [-0.05, 0) is 79.0 Å². The van der Waals surface area contributed by atoms with Crippen LogP contribution in [0.5, 0.6) is 0 Å². The van der Waals surface area contributed by atoms with E-state index in [-0.39, 0.29) is 42.0 Å². The van der Waals surface area contributed by atoms with Gasteiger partial charge in [0.2, 0.25) is 5.91 Å². The van der Waals surface area contributed by atoms with Crippen molar-refractivity contribution >= 4 is 23.5 Å². The van der Waals surface area contributed by atoms with Crippen LogP contribution in [0.4, 0.5) is 14.5 Å². The van der Waals surface area contributed by atoms with E-state index in [4.69, 9.17) is 0 Å². The number of hydrogen-bond donors (Lipinski definition) is 2. The maximum Gasteiger partial charge on any atom is 0.309 e.